The summed E-state index contributed by atoms with van der Waals surface area (Å²) in [5.74, 6) is -0.940. The summed E-state index contributed by atoms with van der Waals surface area (Å²) in [5, 5.41) is 8.65. The van der Waals surface area contributed by atoms with Gasteiger partial charge in [0.2, 0.25) is 0 Å². The van der Waals surface area contributed by atoms with E-state index in [1.54, 1.807) is 12.1 Å². The zero-order chi connectivity index (χ0) is 13.8. The smallest absolute Gasteiger partial charge is 0.480 e. The minimum Gasteiger partial charge on any atom is -0.480 e. The number of rotatable bonds is 6. The molecule has 0 spiro atoms. The third-order valence-corrected chi connectivity index (χ3v) is 3.05. The lowest BCUT2D eigenvalue weighted by Crippen LogP contribution is -2.32. The van der Waals surface area contributed by atoms with Crippen molar-refractivity contribution in [3.63, 3.8) is 0 Å². The van der Waals surface area contributed by atoms with Gasteiger partial charge in [-0.05, 0) is 24.1 Å². The molecule has 0 aliphatic rings. The van der Waals surface area contributed by atoms with Gasteiger partial charge >= 0.3 is 13.8 Å². The molecule has 0 fully saturated rings. The molecule has 0 bridgehead atoms. The predicted molar refractivity (Wildman–Crippen MR) is 63.2 cm³/mol. The predicted octanol–water partition coefficient (Wildman–Crippen LogP) is 0.767. The summed E-state index contributed by atoms with van der Waals surface area (Å²) in [7, 11) is -3.02. The molecule has 1 aromatic rings. The number of phosphoric acid groups is 1. The van der Waals surface area contributed by atoms with Crippen LogP contribution < -0.4 is 10.3 Å². The highest BCUT2D eigenvalue weighted by atomic mass is 31.2. The fourth-order valence-electron chi connectivity index (χ4n) is 1.20. The number of aliphatic carboxylic acids is 1. The zero-order valence-corrected chi connectivity index (χ0v) is 10.5. The SMILES string of the molecule is COP(=O)(O)Oc1ccc(CC(N)C(=O)O)cc1. The quantitative estimate of drug-likeness (QED) is 0.656. The highest BCUT2D eigenvalue weighted by molar-refractivity contribution is 7.47. The van der Waals surface area contributed by atoms with Gasteiger partial charge in [-0.25, -0.2) is 4.57 Å². The summed E-state index contributed by atoms with van der Waals surface area (Å²) in [6.45, 7) is 0. The van der Waals surface area contributed by atoms with Crippen LogP contribution in [-0.2, 0) is 20.3 Å². The van der Waals surface area contributed by atoms with Crippen LogP contribution in [0.1, 0.15) is 5.56 Å². The molecule has 100 valence electrons. The van der Waals surface area contributed by atoms with Crippen LogP contribution in [0, 0.1) is 0 Å². The van der Waals surface area contributed by atoms with Crippen LogP contribution in [0.5, 0.6) is 5.75 Å². The zero-order valence-electron chi connectivity index (χ0n) is 9.65. The van der Waals surface area contributed by atoms with E-state index in [1.165, 1.54) is 12.1 Å². The van der Waals surface area contributed by atoms with E-state index in [-0.39, 0.29) is 12.2 Å². The Balaban J connectivity index is 2.69. The molecule has 2 unspecified atom stereocenters. The fourth-order valence-corrected chi connectivity index (χ4v) is 1.66. The van der Waals surface area contributed by atoms with Gasteiger partial charge in [-0.1, -0.05) is 12.1 Å². The molecule has 0 radical (unpaired) electrons. The van der Waals surface area contributed by atoms with Crippen LogP contribution in [0.25, 0.3) is 0 Å². The van der Waals surface area contributed by atoms with E-state index in [9.17, 15) is 9.36 Å². The number of hydrogen-bond donors (Lipinski definition) is 3. The number of hydrogen-bond acceptors (Lipinski definition) is 5. The molecule has 18 heavy (non-hydrogen) atoms. The number of carbonyl (C=O) groups is 1. The number of nitrogens with two attached hydrogens (primary N) is 1. The molecular formula is C10H14NO6P. The van der Waals surface area contributed by atoms with E-state index in [0.717, 1.165) is 7.11 Å². The Morgan fingerprint density at radius 2 is 2.00 bits per heavy atom. The maximum Gasteiger partial charge on any atom is 0.527 e. The van der Waals surface area contributed by atoms with Gasteiger partial charge < -0.3 is 15.4 Å². The maximum atomic E-state index is 11.1. The number of carboxylic acid groups (broad SMARTS) is 1. The fraction of sp³-hybridized carbons (Fsp3) is 0.300. The minimum atomic E-state index is -4.07. The molecule has 0 heterocycles. The van der Waals surface area contributed by atoms with Crippen molar-refractivity contribution in [3.8, 4) is 5.75 Å². The summed E-state index contributed by atoms with van der Waals surface area (Å²) < 4.78 is 20.1. The van der Waals surface area contributed by atoms with Crippen LogP contribution >= 0.6 is 7.82 Å². The molecule has 0 aliphatic carbocycles. The largest absolute Gasteiger partial charge is 0.527 e. The first-order valence-electron chi connectivity index (χ1n) is 4.99. The molecule has 0 aromatic heterocycles. The molecule has 1 rings (SSSR count). The summed E-state index contributed by atoms with van der Waals surface area (Å²) >= 11 is 0. The standard InChI is InChI=1S/C10H14NO6P/c1-16-18(14,15)17-8-4-2-7(3-5-8)6-9(11)10(12)13/h2-5,9H,6,11H2,1H3,(H,12,13)(H,14,15). The Morgan fingerprint density at radius 3 is 2.44 bits per heavy atom. The van der Waals surface area contributed by atoms with Gasteiger partial charge in [0.25, 0.3) is 0 Å². The van der Waals surface area contributed by atoms with Crippen LogP contribution in [0.4, 0.5) is 0 Å². The van der Waals surface area contributed by atoms with E-state index < -0.39 is 19.8 Å². The van der Waals surface area contributed by atoms with E-state index in [0.29, 0.717) is 5.56 Å². The van der Waals surface area contributed by atoms with Crippen LogP contribution in [0.15, 0.2) is 24.3 Å². The van der Waals surface area contributed by atoms with E-state index in [4.69, 9.17) is 20.3 Å². The number of benzene rings is 1. The Hall–Kier alpha value is -1.40. The van der Waals surface area contributed by atoms with Gasteiger partial charge in [0, 0.05) is 7.11 Å². The summed E-state index contributed by atoms with van der Waals surface area (Å²) in [6.07, 6.45) is 0.163. The Labute approximate surface area is 104 Å². The highest BCUT2D eigenvalue weighted by Gasteiger charge is 2.20. The van der Waals surface area contributed by atoms with Crippen molar-refractivity contribution in [3.05, 3.63) is 29.8 Å². The average molecular weight is 275 g/mol. The number of carboxylic acids is 1. The summed E-state index contributed by atoms with van der Waals surface area (Å²) in [4.78, 5) is 19.6. The van der Waals surface area contributed by atoms with Gasteiger partial charge in [-0.15, -0.1) is 0 Å². The molecule has 4 N–H and O–H groups in total. The molecule has 0 amide bonds. The highest BCUT2D eigenvalue weighted by Crippen LogP contribution is 2.42. The molecule has 0 saturated carbocycles. The first-order valence-corrected chi connectivity index (χ1v) is 6.49. The van der Waals surface area contributed by atoms with Gasteiger partial charge in [0.15, 0.2) is 0 Å². The first-order chi connectivity index (χ1) is 8.34. The third kappa shape index (κ3) is 4.46. The molecule has 0 saturated heterocycles. The molecule has 0 aliphatic heterocycles. The van der Waals surface area contributed by atoms with Gasteiger partial charge in [0.1, 0.15) is 11.8 Å². The Bertz CT molecular complexity index is 460. The Morgan fingerprint density at radius 1 is 1.44 bits per heavy atom. The van der Waals surface area contributed by atoms with Crippen molar-refractivity contribution in [1.82, 2.24) is 0 Å². The molecule has 8 heteroatoms. The van der Waals surface area contributed by atoms with E-state index >= 15 is 0 Å². The maximum absolute atomic E-state index is 11.1. The summed E-state index contributed by atoms with van der Waals surface area (Å²) in [5.41, 5.74) is 6.06. The second-order valence-corrected chi connectivity index (χ2v) is 5.02. The van der Waals surface area contributed by atoms with Crippen LogP contribution in [-0.4, -0.2) is 29.1 Å². The van der Waals surface area contributed by atoms with Crippen LogP contribution in [0.2, 0.25) is 0 Å². The monoisotopic (exact) mass is 275 g/mol. The molecule has 2 atom stereocenters. The second-order valence-electron chi connectivity index (χ2n) is 3.54. The van der Waals surface area contributed by atoms with Gasteiger partial charge in [-0.2, -0.15) is 0 Å². The Kier molecular flexibility index (Phi) is 4.86. The van der Waals surface area contributed by atoms with Crippen molar-refractivity contribution in [2.75, 3.05) is 7.11 Å². The van der Waals surface area contributed by atoms with E-state index in [2.05, 4.69) is 4.52 Å². The first kappa shape index (κ1) is 14.7. The minimum absolute atomic E-state index is 0.148. The van der Waals surface area contributed by atoms with Crippen molar-refractivity contribution in [1.29, 1.82) is 0 Å². The second kappa shape index (κ2) is 5.97. The summed E-state index contributed by atoms with van der Waals surface area (Å²) in [6, 6.07) is 5.01. The molecule has 1 aromatic carbocycles. The topological polar surface area (TPSA) is 119 Å². The third-order valence-electron chi connectivity index (χ3n) is 2.15. The van der Waals surface area contributed by atoms with E-state index in [1.807, 2.05) is 0 Å². The molecular weight excluding hydrogens is 261 g/mol. The van der Waals surface area contributed by atoms with Crippen molar-refractivity contribution >= 4 is 13.8 Å². The lowest BCUT2D eigenvalue weighted by atomic mass is 10.1. The molecule has 7 nitrogen and oxygen atoms in total. The normalized spacial score (nSPS) is 15.7. The number of phosphoric ester groups is 1. The van der Waals surface area contributed by atoms with Crippen molar-refractivity contribution in [2.24, 2.45) is 5.73 Å². The average Bonchev–Trinajstić information content (AvgIpc) is 2.31. The van der Waals surface area contributed by atoms with Gasteiger partial charge in [-0.3, -0.25) is 14.2 Å². The van der Waals surface area contributed by atoms with Crippen molar-refractivity contribution in [2.45, 2.75) is 12.5 Å². The van der Waals surface area contributed by atoms with Crippen LogP contribution in [0.3, 0.4) is 0 Å². The lowest BCUT2D eigenvalue weighted by Gasteiger charge is -2.11. The lowest BCUT2D eigenvalue weighted by molar-refractivity contribution is -0.138. The van der Waals surface area contributed by atoms with Gasteiger partial charge in [0.05, 0.1) is 0 Å². The van der Waals surface area contributed by atoms with Crippen molar-refractivity contribution < 1.29 is 28.4 Å².